The van der Waals surface area contributed by atoms with E-state index in [1.807, 2.05) is 65.1 Å². The Bertz CT molecular complexity index is 606. The quantitative estimate of drug-likeness (QED) is 0.670. The van der Waals surface area contributed by atoms with Gasteiger partial charge in [-0.3, -0.25) is 4.79 Å². The van der Waals surface area contributed by atoms with Crippen LogP contribution in [-0.4, -0.2) is 37.7 Å². The van der Waals surface area contributed by atoms with E-state index < -0.39 is 7.12 Å². The van der Waals surface area contributed by atoms with Crippen molar-refractivity contribution in [2.24, 2.45) is 0 Å². The average Bonchev–Trinajstić information content (AvgIpc) is 2.67. The molecule has 0 aromatic heterocycles. The first-order chi connectivity index (χ1) is 10.7. The van der Waals surface area contributed by atoms with Crippen LogP contribution in [0.15, 0.2) is 29.7 Å². The zero-order valence-electron chi connectivity index (χ0n) is 14.9. The van der Waals surface area contributed by atoms with Crippen LogP contribution >= 0.6 is 0 Å². The minimum Gasteiger partial charge on any atom is -0.400 e. The number of carbonyl (C=O) groups excluding carboxylic acids is 1. The largest absolute Gasteiger partial charge is 0.491 e. The summed E-state index contributed by atoms with van der Waals surface area (Å²) in [5.74, 6) is 0.0612. The summed E-state index contributed by atoms with van der Waals surface area (Å²) in [6.45, 7) is 10.4. The van der Waals surface area contributed by atoms with Crippen molar-refractivity contribution in [3.63, 3.8) is 0 Å². The number of hydrogen-bond donors (Lipinski definition) is 1. The molecule has 0 atom stereocenters. The molecule has 0 bridgehead atoms. The van der Waals surface area contributed by atoms with Crippen LogP contribution in [0.3, 0.4) is 0 Å². The van der Waals surface area contributed by atoms with Crippen LogP contribution in [0.1, 0.15) is 50.5 Å². The maximum absolute atomic E-state index is 11.6. The Morgan fingerprint density at radius 2 is 1.83 bits per heavy atom. The normalized spacial score (nSPS) is 19.9. The molecular weight excluding hydrogens is 289 g/mol. The van der Waals surface area contributed by atoms with E-state index in [9.17, 15) is 4.79 Å². The van der Waals surface area contributed by atoms with Crippen molar-refractivity contribution in [1.82, 2.24) is 5.32 Å². The number of likely N-dealkylation sites (N-methyl/N-ethyl adjacent to an activating group) is 1. The van der Waals surface area contributed by atoms with Gasteiger partial charge in [-0.1, -0.05) is 24.3 Å². The van der Waals surface area contributed by atoms with Crippen LogP contribution in [0.2, 0.25) is 0 Å². The molecule has 1 N–H and O–H groups in total. The van der Waals surface area contributed by atoms with Gasteiger partial charge in [0.1, 0.15) is 0 Å². The summed E-state index contributed by atoms with van der Waals surface area (Å²) in [7, 11) is 1.50. The second-order valence-electron chi connectivity index (χ2n) is 7.02. The van der Waals surface area contributed by atoms with E-state index in [4.69, 9.17) is 9.31 Å². The van der Waals surface area contributed by atoms with Crippen LogP contribution in [0.25, 0.3) is 6.08 Å². The highest BCUT2D eigenvalue weighted by atomic mass is 16.7. The lowest BCUT2D eigenvalue weighted by atomic mass is 9.77. The first-order valence-electron chi connectivity index (χ1n) is 7.98. The Labute approximate surface area is 139 Å². The predicted octanol–water partition coefficient (Wildman–Crippen LogP) is 3.12. The van der Waals surface area contributed by atoms with Gasteiger partial charge >= 0.3 is 7.12 Å². The molecule has 0 aliphatic carbocycles. The molecule has 0 spiro atoms. The molecule has 0 saturated carbocycles. The second-order valence-corrected chi connectivity index (χ2v) is 7.02. The Hall–Kier alpha value is -1.43. The summed E-state index contributed by atoms with van der Waals surface area (Å²) in [4.78, 5) is 11.6. The molecule has 1 aliphatic rings. The average molecular weight is 315 g/mol. The molecule has 0 unspecified atom stereocenters. The molecule has 1 saturated heterocycles. The maximum Gasteiger partial charge on any atom is 0.491 e. The summed E-state index contributed by atoms with van der Waals surface area (Å²) >= 11 is 0. The molecule has 0 amide bonds. The summed E-state index contributed by atoms with van der Waals surface area (Å²) in [5.41, 5.74) is 1.94. The minimum atomic E-state index is -0.395. The van der Waals surface area contributed by atoms with Crippen LogP contribution < -0.4 is 5.32 Å². The fraction of sp³-hybridized carbons (Fsp3) is 0.500. The third-order valence-electron chi connectivity index (χ3n) is 4.58. The van der Waals surface area contributed by atoms with Gasteiger partial charge in [0.05, 0.1) is 11.2 Å². The fourth-order valence-corrected chi connectivity index (χ4v) is 2.46. The first kappa shape index (κ1) is 17.9. The van der Waals surface area contributed by atoms with Crippen molar-refractivity contribution in [1.29, 1.82) is 0 Å². The molecular formula is C18H26BNO3. The number of carbonyl (C=O) groups is 1. The highest BCUT2D eigenvalue weighted by Crippen LogP contribution is 2.38. The Balaban J connectivity index is 2.32. The van der Waals surface area contributed by atoms with Crippen molar-refractivity contribution in [3.8, 4) is 0 Å². The zero-order chi connectivity index (χ0) is 17.3. The van der Waals surface area contributed by atoms with E-state index in [2.05, 4.69) is 5.32 Å². The van der Waals surface area contributed by atoms with Crippen molar-refractivity contribution in [3.05, 3.63) is 40.9 Å². The Morgan fingerprint density at radius 3 is 2.35 bits per heavy atom. The fourth-order valence-electron chi connectivity index (χ4n) is 2.46. The Kier molecular flexibility index (Phi) is 5.14. The van der Waals surface area contributed by atoms with Crippen molar-refractivity contribution in [2.45, 2.75) is 45.8 Å². The van der Waals surface area contributed by atoms with Gasteiger partial charge < -0.3 is 14.6 Å². The molecule has 124 valence electrons. The van der Waals surface area contributed by atoms with E-state index in [1.165, 1.54) is 0 Å². The summed E-state index contributed by atoms with van der Waals surface area (Å²) in [5, 5.41) is 3.16. The molecule has 1 heterocycles. The highest BCUT2D eigenvalue weighted by Gasteiger charge is 2.52. The standard InChI is InChI=1S/C18H26BNO3/c1-13(21)15-9-7-8-14(10-15)11-16(12-20-6)19-22-17(2,3)18(4,5)23-19/h7-11,20H,12H2,1-6H3. The van der Waals surface area contributed by atoms with Gasteiger partial charge in [-0.25, -0.2) is 0 Å². The van der Waals surface area contributed by atoms with Gasteiger partial charge in [0, 0.05) is 12.1 Å². The van der Waals surface area contributed by atoms with Gasteiger partial charge in [0.2, 0.25) is 0 Å². The lowest BCUT2D eigenvalue weighted by Gasteiger charge is -2.32. The van der Waals surface area contributed by atoms with Gasteiger partial charge in [-0.15, -0.1) is 0 Å². The van der Waals surface area contributed by atoms with Crippen LogP contribution in [0.4, 0.5) is 0 Å². The van der Waals surface area contributed by atoms with Crippen LogP contribution in [0, 0.1) is 0 Å². The number of Topliss-reactive ketones (excluding diaryl/α,β-unsaturated/α-hetero) is 1. The van der Waals surface area contributed by atoms with Crippen molar-refractivity contribution < 1.29 is 14.1 Å². The molecule has 23 heavy (non-hydrogen) atoms. The highest BCUT2D eigenvalue weighted by molar-refractivity contribution is 6.55. The molecule has 0 radical (unpaired) electrons. The third-order valence-corrected chi connectivity index (χ3v) is 4.58. The van der Waals surface area contributed by atoms with Gasteiger partial charge in [0.25, 0.3) is 0 Å². The topological polar surface area (TPSA) is 47.6 Å². The third kappa shape index (κ3) is 3.92. The van der Waals surface area contributed by atoms with Gasteiger partial charge in [0.15, 0.2) is 5.78 Å². The van der Waals surface area contributed by atoms with Gasteiger partial charge in [-0.2, -0.15) is 0 Å². The van der Waals surface area contributed by atoms with Crippen LogP contribution in [-0.2, 0) is 9.31 Å². The molecule has 5 heteroatoms. The summed E-state index contributed by atoms with van der Waals surface area (Å²) in [6, 6.07) is 7.59. The number of rotatable bonds is 5. The zero-order valence-corrected chi connectivity index (χ0v) is 14.9. The maximum atomic E-state index is 11.6. The molecule has 2 rings (SSSR count). The van der Waals surface area contributed by atoms with E-state index in [1.54, 1.807) is 6.92 Å². The monoisotopic (exact) mass is 315 g/mol. The number of hydrogen-bond acceptors (Lipinski definition) is 4. The number of benzene rings is 1. The van der Waals surface area contributed by atoms with E-state index >= 15 is 0 Å². The lowest BCUT2D eigenvalue weighted by Crippen LogP contribution is -2.41. The molecule has 4 nitrogen and oxygen atoms in total. The van der Waals surface area contributed by atoms with E-state index in [0.29, 0.717) is 12.1 Å². The van der Waals surface area contributed by atoms with E-state index in [0.717, 1.165) is 11.0 Å². The molecule has 1 aliphatic heterocycles. The summed E-state index contributed by atoms with van der Waals surface area (Å²) in [6.07, 6.45) is 2.03. The lowest BCUT2D eigenvalue weighted by molar-refractivity contribution is 0.00578. The Morgan fingerprint density at radius 1 is 1.22 bits per heavy atom. The smallest absolute Gasteiger partial charge is 0.400 e. The SMILES string of the molecule is CNCC(=Cc1cccc(C(C)=O)c1)B1OC(C)(C)C(C)(C)O1. The van der Waals surface area contributed by atoms with Crippen molar-refractivity contribution >= 4 is 19.0 Å². The van der Waals surface area contributed by atoms with Crippen molar-refractivity contribution in [2.75, 3.05) is 13.6 Å². The van der Waals surface area contributed by atoms with E-state index in [-0.39, 0.29) is 17.0 Å². The second kappa shape index (κ2) is 6.60. The summed E-state index contributed by atoms with van der Waals surface area (Å²) < 4.78 is 12.3. The predicted molar refractivity (Wildman–Crippen MR) is 94.4 cm³/mol. The van der Waals surface area contributed by atoms with Gasteiger partial charge in [-0.05, 0) is 58.8 Å². The van der Waals surface area contributed by atoms with Crippen LogP contribution in [0.5, 0.6) is 0 Å². The molecule has 1 aromatic rings. The number of nitrogens with one attached hydrogen (secondary N) is 1. The minimum absolute atomic E-state index is 0.0612. The number of ketones is 1. The molecule has 1 fully saturated rings. The molecule has 1 aromatic carbocycles. The first-order valence-corrected chi connectivity index (χ1v) is 7.98.